The largest absolute Gasteiger partial charge is 0.444 e. The van der Waals surface area contributed by atoms with Gasteiger partial charge in [-0.2, -0.15) is 0 Å². The molecule has 0 radical (unpaired) electrons. The number of hydrogen-bond donors (Lipinski definition) is 1. The lowest BCUT2D eigenvalue weighted by molar-refractivity contribution is 0.575. The van der Waals surface area contributed by atoms with Crippen LogP contribution in [0.25, 0.3) is 22.4 Å². The predicted molar refractivity (Wildman–Crippen MR) is 53.8 cm³/mol. The Balaban J connectivity index is 2.33. The zero-order valence-corrected chi connectivity index (χ0v) is 7.40. The van der Waals surface area contributed by atoms with E-state index in [1.807, 2.05) is 30.5 Å². The summed E-state index contributed by atoms with van der Waals surface area (Å²) in [7, 11) is 0. The van der Waals surface area contributed by atoms with Gasteiger partial charge in [-0.25, -0.2) is 4.98 Å². The van der Waals surface area contributed by atoms with Crippen LogP contribution in [0.1, 0.15) is 0 Å². The molecule has 0 aliphatic rings. The number of para-hydroxylation sites is 1. The predicted octanol–water partition coefficient (Wildman–Crippen LogP) is 2.82. The molecule has 3 aromatic rings. The number of fused-ring (bicyclic) bond motifs is 1. The van der Waals surface area contributed by atoms with Gasteiger partial charge in [-0.05, 0) is 6.07 Å². The van der Waals surface area contributed by atoms with Gasteiger partial charge in [0, 0.05) is 17.1 Å². The lowest BCUT2D eigenvalue weighted by Gasteiger charge is -1.91. The summed E-state index contributed by atoms with van der Waals surface area (Å²) in [6, 6.07) is 8.08. The fraction of sp³-hybridized carbons (Fsp3) is 0. The number of benzene rings is 1. The van der Waals surface area contributed by atoms with E-state index in [9.17, 15) is 0 Å². The molecule has 0 bridgehead atoms. The zero-order valence-electron chi connectivity index (χ0n) is 7.40. The minimum absolute atomic E-state index is 0.655. The van der Waals surface area contributed by atoms with Crippen molar-refractivity contribution in [3.63, 3.8) is 0 Å². The molecule has 0 unspecified atom stereocenters. The minimum Gasteiger partial charge on any atom is -0.444 e. The first-order valence-electron chi connectivity index (χ1n) is 4.41. The third kappa shape index (κ3) is 0.956. The van der Waals surface area contributed by atoms with Gasteiger partial charge in [0.05, 0.1) is 11.8 Å². The van der Waals surface area contributed by atoms with Crippen molar-refractivity contribution in [2.75, 3.05) is 0 Å². The van der Waals surface area contributed by atoms with E-state index in [0.29, 0.717) is 5.89 Å². The molecule has 0 aliphatic heterocycles. The van der Waals surface area contributed by atoms with Crippen molar-refractivity contribution in [1.29, 1.82) is 0 Å². The molecule has 3 rings (SSSR count). The van der Waals surface area contributed by atoms with Crippen LogP contribution in [-0.4, -0.2) is 9.97 Å². The molecule has 0 fully saturated rings. The van der Waals surface area contributed by atoms with E-state index in [4.69, 9.17) is 4.42 Å². The molecule has 0 spiro atoms. The standard InChI is InChI=1S/C11H8N2O/c1-2-4-10-8(3-1)9(7-13-10)11-12-5-6-14-11/h1-7,13H. The molecule has 0 aliphatic carbocycles. The fourth-order valence-electron chi connectivity index (χ4n) is 1.60. The molecule has 0 saturated heterocycles. The summed E-state index contributed by atoms with van der Waals surface area (Å²) in [6.07, 6.45) is 5.14. The molecule has 1 aromatic carbocycles. The van der Waals surface area contributed by atoms with Crippen molar-refractivity contribution in [3.05, 3.63) is 42.9 Å². The summed E-state index contributed by atoms with van der Waals surface area (Å²) in [5.74, 6) is 0.655. The summed E-state index contributed by atoms with van der Waals surface area (Å²) in [5, 5.41) is 1.13. The SMILES string of the molecule is c1ccc2c(-c3ncco3)c[nH]c2c1. The molecule has 3 nitrogen and oxygen atoms in total. The van der Waals surface area contributed by atoms with Crippen molar-refractivity contribution >= 4 is 10.9 Å². The van der Waals surface area contributed by atoms with Gasteiger partial charge in [0.1, 0.15) is 6.26 Å². The molecular formula is C11H8N2O. The van der Waals surface area contributed by atoms with Gasteiger partial charge in [0.25, 0.3) is 0 Å². The number of nitrogens with zero attached hydrogens (tertiary/aromatic N) is 1. The Morgan fingerprint density at radius 1 is 1.21 bits per heavy atom. The van der Waals surface area contributed by atoms with Crippen LogP contribution in [0.5, 0.6) is 0 Å². The van der Waals surface area contributed by atoms with E-state index >= 15 is 0 Å². The summed E-state index contributed by atoms with van der Waals surface area (Å²) >= 11 is 0. The highest BCUT2D eigenvalue weighted by Gasteiger charge is 2.08. The second-order valence-electron chi connectivity index (χ2n) is 3.09. The van der Waals surface area contributed by atoms with E-state index in [1.54, 1.807) is 12.5 Å². The third-order valence-corrected chi connectivity index (χ3v) is 2.25. The van der Waals surface area contributed by atoms with Crippen LogP contribution < -0.4 is 0 Å². The second-order valence-corrected chi connectivity index (χ2v) is 3.09. The van der Waals surface area contributed by atoms with Gasteiger partial charge in [0.15, 0.2) is 0 Å². The Bertz CT molecular complexity index is 551. The van der Waals surface area contributed by atoms with Crippen LogP contribution in [0.3, 0.4) is 0 Å². The third-order valence-electron chi connectivity index (χ3n) is 2.25. The summed E-state index contributed by atoms with van der Waals surface area (Å²) in [5.41, 5.74) is 2.10. The Morgan fingerprint density at radius 2 is 2.14 bits per heavy atom. The minimum atomic E-state index is 0.655. The van der Waals surface area contributed by atoms with Crippen molar-refractivity contribution in [1.82, 2.24) is 9.97 Å². The van der Waals surface area contributed by atoms with Gasteiger partial charge >= 0.3 is 0 Å². The van der Waals surface area contributed by atoms with E-state index in [1.165, 1.54) is 0 Å². The van der Waals surface area contributed by atoms with Gasteiger partial charge in [-0.3, -0.25) is 0 Å². The Hall–Kier alpha value is -2.03. The van der Waals surface area contributed by atoms with Crippen molar-refractivity contribution in [2.24, 2.45) is 0 Å². The molecule has 0 saturated carbocycles. The van der Waals surface area contributed by atoms with E-state index in [2.05, 4.69) is 9.97 Å². The summed E-state index contributed by atoms with van der Waals surface area (Å²) in [4.78, 5) is 7.30. The van der Waals surface area contributed by atoms with Crippen LogP contribution in [0.2, 0.25) is 0 Å². The smallest absolute Gasteiger partial charge is 0.228 e. The topological polar surface area (TPSA) is 41.8 Å². The maximum Gasteiger partial charge on any atom is 0.228 e. The number of H-pyrrole nitrogens is 1. The molecule has 3 heteroatoms. The highest BCUT2D eigenvalue weighted by atomic mass is 16.3. The van der Waals surface area contributed by atoms with Gasteiger partial charge in [0.2, 0.25) is 5.89 Å². The second kappa shape index (κ2) is 2.73. The summed E-state index contributed by atoms with van der Waals surface area (Å²) < 4.78 is 5.25. The molecule has 2 aromatic heterocycles. The van der Waals surface area contributed by atoms with Crippen LogP contribution in [0.4, 0.5) is 0 Å². The van der Waals surface area contributed by atoms with E-state index in [0.717, 1.165) is 16.5 Å². The summed E-state index contributed by atoms with van der Waals surface area (Å²) in [6.45, 7) is 0. The van der Waals surface area contributed by atoms with Crippen LogP contribution in [0.15, 0.2) is 47.3 Å². The number of aromatic amines is 1. The first-order chi connectivity index (χ1) is 6.95. The average molecular weight is 184 g/mol. The van der Waals surface area contributed by atoms with Gasteiger partial charge < -0.3 is 9.40 Å². The lowest BCUT2D eigenvalue weighted by Crippen LogP contribution is -1.72. The number of hydrogen-bond acceptors (Lipinski definition) is 2. The highest BCUT2D eigenvalue weighted by molar-refractivity contribution is 5.93. The quantitative estimate of drug-likeness (QED) is 0.631. The van der Waals surface area contributed by atoms with Gasteiger partial charge in [-0.15, -0.1) is 0 Å². The Kier molecular flexibility index (Phi) is 1.44. The molecular weight excluding hydrogens is 176 g/mol. The van der Waals surface area contributed by atoms with Crippen molar-refractivity contribution < 1.29 is 4.42 Å². The molecule has 68 valence electrons. The van der Waals surface area contributed by atoms with Crippen molar-refractivity contribution in [3.8, 4) is 11.5 Å². The molecule has 1 N–H and O–H groups in total. The molecule has 0 amide bonds. The number of aromatic nitrogens is 2. The molecule has 0 atom stereocenters. The van der Waals surface area contributed by atoms with E-state index < -0.39 is 0 Å². The molecule has 2 heterocycles. The van der Waals surface area contributed by atoms with Crippen LogP contribution in [-0.2, 0) is 0 Å². The normalized spacial score (nSPS) is 10.9. The van der Waals surface area contributed by atoms with E-state index in [-0.39, 0.29) is 0 Å². The van der Waals surface area contributed by atoms with Crippen LogP contribution in [0, 0.1) is 0 Å². The fourth-order valence-corrected chi connectivity index (χ4v) is 1.60. The maximum atomic E-state index is 5.25. The molecule has 14 heavy (non-hydrogen) atoms. The highest BCUT2D eigenvalue weighted by Crippen LogP contribution is 2.26. The lowest BCUT2D eigenvalue weighted by atomic mass is 10.2. The first-order valence-corrected chi connectivity index (χ1v) is 4.41. The Morgan fingerprint density at radius 3 is 3.00 bits per heavy atom. The maximum absolute atomic E-state index is 5.25. The van der Waals surface area contributed by atoms with Crippen molar-refractivity contribution in [2.45, 2.75) is 0 Å². The number of oxazole rings is 1. The number of rotatable bonds is 1. The van der Waals surface area contributed by atoms with Crippen LogP contribution >= 0.6 is 0 Å². The number of nitrogens with one attached hydrogen (secondary N) is 1. The first kappa shape index (κ1) is 7.38. The van der Waals surface area contributed by atoms with Gasteiger partial charge in [-0.1, -0.05) is 18.2 Å². The monoisotopic (exact) mass is 184 g/mol. The zero-order chi connectivity index (χ0) is 9.38. The average Bonchev–Trinajstić information content (AvgIpc) is 2.85. The Labute approximate surface area is 80.4 Å².